The smallest absolute Gasteiger partial charge is 0.303 e. The number of ether oxygens (including phenoxy) is 1. The third kappa shape index (κ3) is 3.60. The van der Waals surface area contributed by atoms with Gasteiger partial charge in [-0.25, -0.2) is 0 Å². The van der Waals surface area contributed by atoms with E-state index in [-0.39, 0.29) is 12.3 Å². The molecule has 0 saturated heterocycles. The number of rotatable bonds is 5. The Labute approximate surface area is 124 Å². The molecule has 0 aliphatic carbocycles. The molecule has 4 nitrogen and oxygen atoms in total. The van der Waals surface area contributed by atoms with Crippen LogP contribution in [0.3, 0.4) is 0 Å². The molecular weight excluding hydrogens is 266 g/mol. The summed E-state index contributed by atoms with van der Waals surface area (Å²) in [5.74, 6) is -0.0998. The Hall–Kier alpha value is -2.36. The van der Waals surface area contributed by atoms with Gasteiger partial charge in [-0.05, 0) is 36.6 Å². The lowest BCUT2D eigenvalue weighted by molar-refractivity contribution is -0.137. The molecule has 0 radical (unpaired) electrons. The summed E-state index contributed by atoms with van der Waals surface area (Å²) in [5, 5.41) is 8.91. The van der Waals surface area contributed by atoms with Gasteiger partial charge in [0, 0.05) is 23.5 Å². The number of hydrogen-bond donors (Lipinski definition) is 1. The standard InChI is InChI=1S/C17H19NO3/c1-11-4-5-16(21-3)15(6-11)14-8-13(9-18-10-14)12(2)7-17(19)20/h4-6,8-10,12H,7H2,1-3H3,(H,19,20). The highest BCUT2D eigenvalue weighted by Crippen LogP contribution is 2.32. The van der Waals surface area contributed by atoms with Crippen LogP contribution in [0.1, 0.15) is 30.4 Å². The molecule has 110 valence electrons. The third-order valence-electron chi connectivity index (χ3n) is 3.48. The zero-order valence-electron chi connectivity index (χ0n) is 12.5. The van der Waals surface area contributed by atoms with Gasteiger partial charge < -0.3 is 9.84 Å². The molecule has 1 N–H and O–H groups in total. The second-order valence-corrected chi connectivity index (χ2v) is 5.21. The highest BCUT2D eigenvalue weighted by molar-refractivity contribution is 5.72. The second kappa shape index (κ2) is 6.39. The highest BCUT2D eigenvalue weighted by atomic mass is 16.5. The molecule has 0 saturated carbocycles. The van der Waals surface area contributed by atoms with E-state index in [1.165, 1.54) is 0 Å². The van der Waals surface area contributed by atoms with E-state index in [1.807, 2.05) is 38.1 Å². The minimum Gasteiger partial charge on any atom is -0.496 e. The number of aryl methyl sites for hydroxylation is 1. The van der Waals surface area contributed by atoms with Gasteiger partial charge in [-0.3, -0.25) is 9.78 Å². The van der Waals surface area contributed by atoms with Crippen LogP contribution < -0.4 is 4.74 Å². The predicted molar refractivity (Wildman–Crippen MR) is 81.6 cm³/mol. The third-order valence-corrected chi connectivity index (χ3v) is 3.48. The lowest BCUT2D eigenvalue weighted by atomic mass is 9.96. The molecule has 1 unspecified atom stereocenters. The molecule has 0 aliphatic rings. The predicted octanol–water partition coefficient (Wildman–Crippen LogP) is 3.64. The van der Waals surface area contributed by atoms with E-state index >= 15 is 0 Å². The molecule has 0 amide bonds. The average Bonchev–Trinajstić information content (AvgIpc) is 2.46. The van der Waals surface area contributed by atoms with Gasteiger partial charge in [-0.2, -0.15) is 0 Å². The van der Waals surface area contributed by atoms with Crippen LogP contribution in [0.15, 0.2) is 36.7 Å². The van der Waals surface area contributed by atoms with Crippen LogP contribution in [-0.2, 0) is 4.79 Å². The van der Waals surface area contributed by atoms with Crippen molar-refractivity contribution in [2.75, 3.05) is 7.11 Å². The monoisotopic (exact) mass is 285 g/mol. The lowest BCUT2D eigenvalue weighted by Gasteiger charge is -2.13. The number of carboxylic acid groups (broad SMARTS) is 1. The summed E-state index contributed by atoms with van der Waals surface area (Å²) in [6, 6.07) is 7.95. The molecule has 0 spiro atoms. The maximum atomic E-state index is 10.8. The molecular formula is C17H19NO3. The van der Waals surface area contributed by atoms with Crippen molar-refractivity contribution < 1.29 is 14.6 Å². The largest absolute Gasteiger partial charge is 0.496 e. The molecule has 0 bridgehead atoms. The maximum absolute atomic E-state index is 10.8. The summed E-state index contributed by atoms with van der Waals surface area (Å²) in [6.45, 7) is 3.91. The van der Waals surface area contributed by atoms with E-state index in [2.05, 4.69) is 4.98 Å². The number of hydrogen-bond acceptors (Lipinski definition) is 3. The maximum Gasteiger partial charge on any atom is 0.303 e. The normalized spacial score (nSPS) is 12.0. The molecule has 4 heteroatoms. The topological polar surface area (TPSA) is 59.4 Å². The first kappa shape index (κ1) is 15.0. The summed E-state index contributed by atoms with van der Waals surface area (Å²) in [4.78, 5) is 15.1. The average molecular weight is 285 g/mol. The van der Waals surface area contributed by atoms with Crippen molar-refractivity contribution >= 4 is 5.97 Å². The molecule has 21 heavy (non-hydrogen) atoms. The van der Waals surface area contributed by atoms with Gasteiger partial charge in [0.2, 0.25) is 0 Å². The van der Waals surface area contributed by atoms with Crippen molar-refractivity contribution in [1.82, 2.24) is 4.98 Å². The van der Waals surface area contributed by atoms with Crippen LogP contribution >= 0.6 is 0 Å². The van der Waals surface area contributed by atoms with Crippen LogP contribution in [0.2, 0.25) is 0 Å². The summed E-state index contributed by atoms with van der Waals surface area (Å²) in [6.07, 6.45) is 3.59. The van der Waals surface area contributed by atoms with Crippen LogP contribution in [0.5, 0.6) is 5.75 Å². The van der Waals surface area contributed by atoms with Crippen molar-refractivity contribution in [1.29, 1.82) is 0 Å². The SMILES string of the molecule is COc1ccc(C)cc1-c1cncc(C(C)CC(=O)O)c1. The summed E-state index contributed by atoms with van der Waals surface area (Å²) >= 11 is 0. The fourth-order valence-corrected chi connectivity index (χ4v) is 2.30. The second-order valence-electron chi connectivity index (χ2n) is 5.21. The van der Waals surface area contributed by atoms with Crippen molar-refractivity contribution in [3.05, 3.63) is 47.8 Å². The first-order valence-corrected chi connectivity index (χ1v) is 6.83. The summed E-state index contributed by atoms with van der Waals surface area (Å²) in [7, 11) is 1.64. The number of pyridine rings is 1. The number of aliphatic carboxylic acids is 1. The van der Waals surface area contributed by atoms with Crippen molar-refractivity contribution in [2.24, 2.45) is 0 Å². The zero-order chi connectivity index (χ0) is 15.4. The fraction of sp³-hybridized carbons (Fsp3) is 0.294. The van der Waals surface area contributed by atoms with Gasteiger partial charge in [0.25, 0.3) is 0 Å². The minimum absolute atomic E-state index is 0.0780. The van der Waals surface area contributed by atoms with Gasteiger partial charge in [-0.1, -0.05) is 18.6 Å². The quantitative estimate of drug-likeness (QED) is 0.911. The summed E-state index contributed by atoms with van der Waals surface area (Å²) < 4.78 is 5.40. The number of carboxylic acids is 1. The van der Waals surface area contributed by atoms with Gasteiger partial charge in [0.15, 0.2) is 0 Å². The summed E-state index contributed by atoms with van der Waals surface area (Å²) in [5.41, 5.74) is 3.95. The number of methoxy groups -OCH3 is 1. The van der Waals surface area contributed by atoms with Gasteiger partial charge >= 0.3 is 5.97 Å². The van der Waals surface area contributed by atoms with E-state index in [9.17, 15) is 4.79 Å². The Balaban J connectivity index is 2.41. The van der Waals surface area contributed by atoms with Crippen LogP contribution in [0, 0.1) is 6.92 Å². The van der Waals surface area contributed by atoms with Gasteiger partial charge in [-0.15, -0.1) is 0 Å². The first-order chi connectivity index (χ1) is 10.0. The van der Waals surface area contributed by atoms with Crippen molar-refractivity contribution in [3.63, 3.8) is 0 Å². The fourth-order valence-electron chi connectivity index (χ4n) is 2.30. The molecule has 2 aromatic rings. The Morgan fingerprint density at radius 2 is 2.10 bits per heavy atom. The van der Waals surface area contributed by atoms with E-state index in [0.29, 0.717) is 0 Å². The Kier molecular flexibility index (Phi) is 4.58. The molecule has 1 heterocycles. The molecule has 0 aliphatic heterocycles. The number of aromatic nitrogens is 1. The highest BCUT2D eigenvalue weighted by Gasteiger charge is 2.13. The molecule has 1 aromatic heterocycles. The zero-order valence-corrected chi connectivity index (χ0v) is 12.5. The number of benzene rings is 1. The van der Waals surface area contributed by atoms with Gasteiger partial charge in [0.05, 0.1) is 13.5 Å². The van der Waals surface area contributed by atoms with E-state index in [0.717, 1.165) is 28.0 Å². The minimum atomic E-state index is -0.805. The van der Waals surface area contributed by atoms with E-state index in [4.69, 9.17) is 9.84 Å². The van der Waals surface area contributed by atoms with Crippen molar-refractivity contribution in [3.8, 4) is 16.9 Å². The molecule has 1 aromatic carbocycles. The Morgan fingerprint density at radius 3 is 2.76 bits per heavy atom. The van der Waals surface area contributed by atoms with E-state index < -0.39 is 5.97 Å². The van der Waals surface area contributed by atoms with Gasteiger partial charge in [0.1, 0.15) is 5.75 Å². The lowest BCUT2D eigenvalue weighted by Crippen LogP contribution is -2.03. The Morgan fingerprint density at radius 1 is 1.33 bits per heavy atom. The first-order valence-electron chi connectivity index (χ1n) is 6.83. The molecule has 2 rings (SSSR count). The van der Waals surface area contributed by atoms with Crippen LogP contribution in [0.25, 0.3) is 11.1 Å². The molecule has 1 atom stereocenters. The number of nitrogens with zero attached hydrogens (tertiary/aromatic N) is 1. The van der Waals surface area contributed by atoms with E-state index in [1.54, 1.807) is 19.5 Å². The number of carbonyl (C=O) groups is 1. The van der Waals surface area contributed by atoms with Crippen LogP contribution in [0.4, 0.5) is 0 Å². The molecule has 0 fully saturated rings. The van der Waals surface area contributed by atoms with Crippen molar-refractivity contribution in [2.45, 2.75) is 26.2 Å². The van der Waals surface area contributed by atoms with Crippen LogP contribution in [-0.4, -0.2) is 23.2 Å². The Bertz CT molecular complexity index is 652.